The van der Waals surface area contributed by atoms with Gasteiger partial charge in [-0.1, -0.05) is 17.4 Å². The molecule has 0 aliphatic carbocycles. The number of fused-ring (bicyclic) bond motifs is 1. The molecule has 0 saturated heterocycles. The van der Waals surface area contributed by atoms with E-state index in [-0.39, 0.29) is 23.5 Å². The number of esters is 1. The van der Waals surface area contributed by atoms with E-state index in [9.17, 15) is 14.7 Å². The Morgan fingerprint density at radius 3 is 2.65 bits per heavy atom. The van der Waals surface area contributed by atoms with Crippen LogP contribution < -0.4 is 24.4 Å². The Morgan fingerprint density at radius 1 is 1.24 bits per heavy atom. The SMILES string of the molecule is CCOC(=O)C1=C(C)N=c2s/c(=C\c3cc(Br)c(O)c(I)c3)c(=O)n2[C@H]1c1ccc(OC)c(OCC)c1. The maximum atomic E-state index is 13.8. The summed E-state index contributed by atoms with van der Waals surface area (Å²) in [4.78, 5) is 32.0. The summed E-state index contributed by atoms with van der Waals surface area (Å²) >= 11 is 6.61. The van der Waals surface area contributed by atoms with Crippen molar-refractivity contribution in [1.82, 2.24) is 4.57 Å². The molecule has 0 fully saturated rings. The zero-order chi connectivity index (χ0) is 26.9. The van der Waals surface area contributed by atoms with Crippen molar-refractivity contribution in [3.05, 3.63) is 80.5 Å². The van der Waals surface area contributed by atoms with Crippen molar-refractivity contribution >= 4 is 61.9 Å². The van der Waals surface area contributed by atoms with Gasteiger partial charge in [0.2, 0.25) is 0 Å². The summed E-state index contributed by atoms with van der Waals surface area (Å²) in [7, 11) is 1.55. The van der Waals surface area contributed by atoms with Crippen LogP contribution in [0, 0.1) is 3.57 Å². The lowest BCUT2D eigenvalue weighted by molar-refractivity contribution is -0.139. The maximum Gasteiger partial charge on any atom is 0.338 e. The Bertz CT molecular complexity index is 1570. The van der Waals surface area contributed by atoms with E-state index < -0.39 is 12.0 Å². The fourth-order valence-corrected chi connectivity index (χ4v) is 6.60. The number of rotatable bonds is 7. The minimum atomic E-state index is -0.769. The zero-order valence-electron chi connectivity index (χ0n) is 20.5. The Morgan fingerprint density at radius 2 is 2.00 bits per heavy atom. The Balaban J connectivity index is 1.97. The molecule has 2 heterocycles. The monoisotopic (exact) mass is 698 g/mol. The van der Waals surface area contributed by atoms with Crippen LogP contribution in [0.25, 0.3) is 6.08 Å². The van der Waals surface area contributed by atoms with E-state index in [0.29, 0.717) is 46.7 Å². The standard InChI is InChI=1S/C26H24BrIN2O6S/c1-5-35-19-12-15(7-8-18(19)34-4)22-21(25(33)36-6-2)13(3)29-26-30(22)24(32)20(37-26)11-14-9-16(27)23(31)17(28)10-14/h7-12,22,31H,5-6H2,1-4H3/b20-11-/t22-/m0/s1. The lowest BCUT2D eigenvalue weighted by atomic mass is 9.95. The van der Waals surface area contributed by atoms with E-state index in [4.69, 9.17) is 14.2 Å². The first-order valence-electron chi connectivity index (χ1n) is 11.4. The van der Waals surface area contributed by atoms with Crippen LogP contribution in [0.2, 0.25) is 0 Å². The molecule has 1 N–H and O–H groups in total. The average molecular weight is 699 g/mol. The summed E-state index contributed by atoms with van der Waals surface area (Å²) in [6, 6.07) is 8.09. The summed E-state index contributed by atoms with van der Waals surface area (Å²) in [6.07, 6.45) is 1.75. The van der Waals surface area contributed by atoms with Crippen LogP contribution in [0.5, 0.6) is 17.2 Å². The molecule has 8 nitrogen and oxygen atoms in total. The highest BCUT2D eigenvalue weighted by Gasteiger charge is 2.34. The molecular formula is C26H24BrIN2O6S. The molecule has 4 rings (SSSR count). The number of hydrogen-bond donors (Lipinski definition) is 1. The van der Waals surface area contributed by atoms with Crippen molar-refractivity contribution in [2.45, 2.75) is 26.8 Å². The topological polar surface area (TPSA) is 99.4 Å². The molecule has 0 saturated carbocycles. The lowest BCUT2D eigenvalue weighted by Crippen LogP contribution is -2.40. The molecule has 0 bridgehead atoms. The van der Waals surface area contributed by atoms with Gasteiger partial charge in [0.25, 0.3) is 5.56 Å². The van der Waals surface area contributed by atoms with Gasteiger partial charge in [0.1, 0.15) is 5.75 Å². The zero-order valence-corrected chi connectivity index (χ0v) is 25.1. The van der Waals surface area contributed by atoms with Crippen LogP contribution in [-0.2, 0) is 9.53 Å². The third-order valence-electron chi connectivity index (χ3n) is 5.66. The van der Waals surface area contributed by atoms with Crippen LogP contribution in [0.15, 0.2) is 55.9 Å². The average Bonchev–Trinajstić information content (AvgIpc) is 3.16. The summed E-state index contributed by atoms with van der Waals surface area (Å²) in [5.74, 6) is 0.655. The molecule has 3 aromatic rings. The van der Waals surface area contributed by atoms with Crippen molar-refractivity contribution < 1.29 is 24.1 Å². The minimum absolute atomic E-state index is 0.138. The molecule has 0 unspecified atom stereocenters. The molecule has 1 atom stereocenters. The molecule has 194 valence electrons. The van der Waals surface area contributed by atoms with Gasteiger partial charge >= 0.3 is 5.97 Å². The quantitative estimate of drug-likeness (QED) is 0.292. The van der Waals surface area contributed by atoms with Crippen molar-refractivity contribution in [2.24, 2.45) is 4.99 Å². The van der Waals surface area contributed by atoms with Crippen molar-refractivity contribution in [2.75, 3.05) is 20.3 Å². The maximum absolute atomic E-state index is 13.8. The molecule has 37 heavy (non-hydrogen) atoms. The van der Waals surface area contributed by atoms with Gasteiger partial charge in [-0.3, -0.25) is 9.36 Å². The second-order valence-electron chi connectivity index (χ2n) is 7.98. The molecule has 2 aromatic carbocycles. The number of phenolic OH excluding ortho intramolecular Hbond substituents is 1. The highest BCUT2D eigenvalue weighted by molar-refractivity contribution is 14.1. The highest BCUT2D eigenvalue weighted by atomic mass is 127. The molecule has 0 amide bonds. The van der Waals surface area contributed by atoms with Gasteiger partial charge in [0.15, 0.2) is 16.3 Å². The van der Waals surface area contributed by atoms with Gasteiger partial charge < -0.3 is 19.3 Å². The second kappa shape index (κ2) is 11.4. The second-order valence-corrected chi connectivity index (χ2v) is 11.0. The van der Waals surface area contributed by atoms with Gasteiger partial charge in [0.05, 0.1) is 50.2 Å². The molecule has 11 heteroatoms. The number of aromatic nitrogens is 1. The number of hydrogen-bond acceptors (Lipinski definition) is 8. The normalized spacial score (nSPS) is 15.3. The predicted molar refractivity (Wildman–Crippen MR) is 153 cm³/mol. The number of nitrogens with zero attached hydrogens (tertiary/aromatic N) is 2. The first-order valence-corrected chi connectivity index (χ1v) is 14.1. The fraction of sp³-hybridized carbons (Fsp3) is 0.269. The van der Waals surface area contributed by atoms with Crippen LogP contribution in [0.1, 0.15) is 37.9 Å². The summed E-state index contributed by atoms with van der Waals surface area (Å²) in [6.45, 7) is 5.95. The van der Waals surface area contributed by atoms with Crippen LogP contribution in [0.3, 0.4) is 0 Å². The van der Waals surface area contributed by atoms with Gasteiger partial charge in [-0.15, -0.1) is 0 Å². The third kappa shape index (κ3) is 5.34. The van der Waals surface area contributed by atoms with E-state index in [1.165, 1.54) is 15.9 Å². The molecule has 1 aliphatic heterocycles. The Labute approximate surface area is 239 Å². The van der Waals surface area contributed by atoms with E-state index in [1.54, 1.807) is 57.4 Å². The van der Waals surface area contributed by atoms with Crippen LogP contribution in [0.4, 0.5) is 0 Å². The smallest absolute Gasteiger partial charge is 0.338 e. The van der Waals surface area contributed by atoms with E-state index in [0.717, 1.165) is 5.56 Å². The van der Waals surface area contributed by atoms with Crippen molar-refractivity contribution in [3.63, 3.8) is 0 Å². The molecule has 0 radical (unpaired) electrons. The van der Waals surface area contributed by atoms with Crippen LogP contribution in [-0.4, -0.2) is 36.0 Å². The van der Waals surface area contributed by atoms with Crippen LogP contribution >= 0.6 is 49.9 Å². The van der Waals surface area contributed by atoms with Crippen molar-refractivity contribution in [1.29, 1.82) is 0 Å². The van der Waals surface area contributed by atoms with Crippen molar-refractivity contribution in [3.8, 4) is 17.2 Å². The number of methoxy groups -OCH3 is 1. The summed E-state index contributed by atoms with van der Waals surface area (Å²) < 4.78 is 19.7. The highest BCUT2D eigenvalue weighted by Crippen LogP contribution is 2.36. The van der Waals surface area contributed by atoms with Gasteiger partial charge in [-0.2, -0.15) is 0 Å². The molecule has 1 aliphatic rings. The number of ether oxygens (including phenoxy) is 3. The number of carbonyl (C=O) groups excluding carboxylic acids is 1. The lowest BCUT2D eigenvalue weighted by Gasteiger charge is -2.25. The number of thiazole rings is 1. The largest absolute Gasteiger partial charge is 0.506 e. The van der Waals surface area contributed by atoms with Gasteiger partial charge in [0, 0.05) is 0 Å². The minimum Gasteiger partial charge on any atom is -0.506 e. The number of aromatic hydroxyl groups is 1. The van der Waals surface area contributed by atoms with E-state index in [1.807, 2.05) is 29.5 Å². The summed E-state index contributed by atoms with van der Waals surface area (Å²) in [5, 5.41) is 10.1. The third-order valence-corrected chi connectivity index (χ3v) is 8.07. The first kappa shape index (κ1) is 27.4. The van der Waals surface area contributed by atoms with Gasteiger partial charge in [-0.25, -0.2) is 9.79 Å². The number of halogens is 2. The van der Waals surface area contributed by atoms with Gasteiger partial charge in [-0.05, 0) is 101 Å². The number of allylic oxidation sites excluding steroid dienone is 1. The first-order chi connectivity index (χ1) is 17.7. The molecular weight excluding hydrogens is 675 g/mol. The summed E-state index contributed by atoms with van der Waals surface area (Å²) in [5.41, 5.74) is 1.87. The molecule has 0 spiro atoms. The number of benzene rings is 2. The van der Waals surface area contributed by atoms with E-state index in [2.05, 4.69) is 20.9 Å². The number of phenols is 1. The fourth-order valence-electron chi connectivity index (χ4n) is 4.06. The Kier molecular flexibility index (Phi) is 8.44. The Hall–Kier alpha value is -2.64. The molecule has 1 aromatic heterocycles. The van der Waals surface area contributed by atoms with E-state index >= 15 is 0 Å². The number of carbonyl (C=O) groups is 1. The predicted octanol–water partition coefficient (Wildman–Crippen LogP) is 4.28.